The second-order valence-electron chi connectivity index (χ2n) is 9.07. The molecule has 1 heterocycles. The summed E-state index contributed by atoms with van der Waals surface area (Å²) in [6, 6.07) is -0.0446. The zero-order valence-electron chi connectivity index (χ0n) is 14.9. The minimum Gasteiger partial charge on any atom is -0.373 e. The first-order chi connectivity index (χ1) is 10.9. The van der Waals surface area contributed by atoms with E-state index in [1.54, 1.807) is 0 Å². The summed E-state index contributed by atoms with van der Waals surface area (Å²) in [7, 11) is 0. The Morgan fingerprint density at radius 1 is 1.04 bits per heavy atom. The van der Waals surface area contributed by atoms with Gasteiger partial charge in [-0.05, 0) is 77.0 Å². The molecule has 0 aromatic rings. The van der Waals surface area contributed by atoms with Crippen LogP contribution in [0.4, 0.5) is 0 Å². The fourth-order valence-electron chi connectivity index (χ4n) is 6.33. The van der Waals surface area contributed by atoms with Crippen molar-refractivity contribution < 1.29 is 9.53 Å². The van der Waals surface area contributed by atoms with Gasteiger partial charge < -0.3 is 10.1 Å². The van der Waals surface area contributed by atoms with Crippen LogP contribution in [0.2, 0.25) is 0 Å². The van der Waals surface area contributed by atoms with Gasteiger partial charge in [0.2, 0.25) is 5.91 Å². The molecule has 0 spiro atoms. The number of nitrogens with one attached hydrogen (secondary N) is 1. The van der Waals surface area contributed by atoms with Crippen molar-refractivity contribution in [3.63, 3.8) is 0 Å². The molecule has 5 fully saturated rings. The molecule has 23 heavy (non-hydrogen) atoms. The van der Waals surface area contributed by atoms with Gasteiger partial charge in [-0.25, -0.2) is 0 Å². The SMILES string of the molecule is CC1CN(C(C)C(=O)NC23CC4CC(CC(C4)C2)C3)CC(C)O1. The van der Waals surface area contributed by atoms with Crippen LogP contribution >= 0.6 is 0 Å². The number of nitrogens with zero attached hydrogens (tertiary/aromatic N) is 1. The molecule has 1 N–H and O–H groups in total. The molecule has 1 saturated heterocycles. The molecule has 5 aliphatic rings. The van der Waals surface area contributed by atoms with Crippen molar-refractivity contribution in [1.29, 1.82) is 0 Å². The largest absolute Gasteiger partial charge is 0.373 e. The van der Waals surface area contributed by atoms with Gasteiger partial charge in [0, 0.05) is 18.6 Å². The van der Waals surface area contributed by atoms with Crippen LogP contribution in [0.3, 0.4) is 0 Å². The molecule has 4 saturated carbocycles. The lowest BCUT2D eigenvalue weighted by molar-refractivity contribution is -0.137. The summed E-state index contributed by atoms with van der Waals surface area (Å²) in [4.78, 5) is 15.2. The number of hydrogen-bond donors (Lipinski definition) is 1. The molecule has 5 rings (SSSR count). The van der Waals surface area contributed by atoms with Gasteiger partial charge in [-0.3, -0.25) is 9.69 Å². The maximum Gasteiger partial charge on any atom is 0.237 e. The summed E-state index contributed by atoms with van der Waals surface area (Å²) in [5.74, 6) is 2.87. The predicted octanol–water partition coefficient (Wildman–Crippen LogP) is 2.57. The number of carbonyl (C=O) groups is 1. The lowest BCUT2D eigenvalue weighted by Gasteiger charge is -2.57. The second-order valence-corrected chi connectivity index (χ2v) is 9.07. The van der Waals surface area contributed by atoms with Gasteiger partial charge in [0.25, 0.3) is 0 Å². The van der Waals surface area contributed by atoms with Crippen LogP contribution in [0.5, 0.6) is 0 Å². The number of morpholine rings is 1. The molecule has 4 nitrogen and oxygen atoms in total. The highest BCUT2D eigenvalue weighted by Crippen LogP contribution is 2.55. The number of hydrogen-bond acceptors (Lipinski definition) is 3. The lowest BCUT2D eigenvalue weighted by atomic mass is 9.53. The summed E-state index contributed by atoms with van der Waals surface area (Å²) in [6.07, 6.45) is 8.38. The Kier molecular flexibility index (Phi) is 3.96. The van der Waals surface area contributed by atoms with Crippen LogP contribution in [0.1, 0.15) is 59.3 Å². The van der Waals surface area contributed by atoms with Crippen LogP contribution in [0, 0.1) is 17.8 Å². The van der Waals surface area contributed by atoms with E-state index < -0.39 is 0 Å². The van der Waals surface area contributed by atoms with Crippen molar-refractivity contribution in [1.82, 2.24) is 10.2 Å². The highest BCUT2D eigenvalue weighted by molar-refractivity contribution is 5.82. The normalized spacial score (nSPS) is 47.5. The Balaban J connectivity index is 1.41. The molecular weight excluding hydrogens is 288 g/mol. The molecule has 4 bridgehead atoms. The van der Waals surface area contributed by atoms with E-state index in [-0.39, 0.29) is 29.7 Å². The van der Waals surface area contributed by atoms with Crippen LogP contribution < -0.4 is 5.32 Å². The first-order valence-electron chi connectivity index (χ1n) is 9.64. The van der Waals surface area contributed by atoms with Gasteiger partial charge >= 0.3 is 0 Å². The minimum atomic E-state index is -0.0446. The van der Waals surface area contributed by atoms with Gasteiger partial charge in [0.05, 0.1) is 18.2 Å². The third-order valence-electron chi connectivity index (χ3n) is 6.80. The van der Waals surface area contributed by atoms with E-state index in [0.29, 0.717) is 0 Å². The number of ether oxygens (including phenoxy) is 1. The van der Waals surface area contributed by atoms with E-state index in [9.17, 15) is 4.79 Å². The molecule has 3 atom stereocenters. The third-order valence-corrected chi connectivity index (χ3v) is 6.80. The van der Waals surface area contributed by atoms with Gasteiger partial charge in [0.15, 0.2) is 0 Å². The Morgan fingerprint density at radius 3 is 2.00 bits per heavy atom. The summed E-state index contributed by atoms with van der Waals surface area (Å²) in [5, 5.41) is 3.53. The summed E-state index contributed by atoms with van der Waals surface area (Å²) in [5.41, 5.74) is 0.129. The highest BCUT2D eigenvalue weighted by Gasteiger charge is 2.51. The molecular formula is C19H32N2O2. The topological polar surface area (TPSA) is 41.6 Å². The fraction of sp³-hybridized carbons (Fsp3) is 0.947. The molecule has 1 amide bonds. The fourth-order valence-corrected chi connectivity index (χ4v) is 6.33. The lowest BCUT2D eigenvalue weighted by Crippen LogP contribution is -2.63. The van der Waals surface area contributed by atoms with Crippen molar-refractivity contribution >= 4 is 5.91 Å². The van der Waals surface area contributed by atoms with Crippen molar-refractivity contribution in [2.24, 2.45) is 17.8 Å². The highest BCUT2D eigenvalue weighted by atomic mass is 16.5. The maximum atomic E-state index is 12.9. The van der Waals surface area contributed by atoms with Gasteiger partial charge in [0.1, 0.15) is 0 Å². The second kappa shape index (κ2) is 5.73. The molecule has 130 valence electrons. The zero-order chi connectivity index (χ0) is 16.2. The van der Waals surface area contributed by atoms with E-state index in [0.717, 1.165) is 30.8 Å². The average Bonchev–Trinajstić information content (AvgIpc) is 2.43. The van der Waals surface area contributed by atoms with Crippen molar-refractivity contribution in [3.8, 4) is 0 Å². The zero-order valence-corrected chi connectivity index (χ0v) is 14.9. The van der Waals surface area contributed by atoms with Gasteiger partial charge in [-0.15, -0.1) is 0 Å². The average molecular weight is 320 g/mol. The molecule has 3 unspecified atom stereocenters. The van der Waals surface area contributed by atoms with E-state index in [1.165, 1.54) is 38.5 Å². The predicted molar refractivity (Wildman–Crippen MR) is 90.1 cm³/mol. The number of rotatable bonds is 3. The molecule has 0 radical (unpaired) electrons. The standard InChI is InChI=1S/C19H32N2O2/c1-12-10-21(11-13(2)23-12)14(3)18(22)20-19-7-15-4-16(8-19)6-17(5-15)9-19/h12-17H,4-11H2,1-3H3,(H,20,22). The van der Waals surface area contributed by atoms with E-state index in [1.807, 2.05) is 0 Å². The Hall–Kier alpha value is -0.610. The van der Waals surface area contributed by atoms with E-state index >= 15 is 0 Å². The summed E-state index contributed by atoms with van der Waals surface area (Å²) in [6.45, 7) is 8.00. The quantitative estimate of drug-likeness (QED) is 0.869. The Bertz CT molecular complexity index is 433. The first-order valence-corrected chi connectivity index (χ1v) is 9.64. The van der Waals surface area contributed by atoms with E-state index in [2.05, 4.69) is 31.0 Å². The molecule has 4 heteroatoms. The maximum absolute atomic E-state index is 12.9. The van der Waals surface area contributed by atoms with Crippen LogP contribution in [-0.2, 0) is 9.53 Å². The minimum absolute atomic E-state index is 0.0446. The number of amides is 1. The monoisotopic (exact) mass is 320 g/mol. The molecule has 0 aromatic carbocycles. The van der Waals surface area contributed by atoms with Crippen LogP contribution in [-0.4, -0.2) is 47.7 Å². The van der Waals surface area contributed by atoms with Crippen molar-refractivity contribution in [3.05, 3.63) is 0 Å². The van der Waals surface area contributed by atoms with Gasteiger partial charge in [-0.1, -0.05) is 0 Å². The Labute approximate surface area is 140 Å². The molecule has 4 aliphatic carbocycles. The number of carbonyl (C=O) groups excluding carboxylic acids is 1. The van der Waals surface area contributed by atoms with Crippen LogP contribution in [0.25, 0.3) is 0 Å². The van der Waals surface area contributed by atoms with Gasteiger partial charge in [-0.2, -0.15) is 0 Å². The van der Waals surface area contributed by atoms with Crippen LogP contribution in [0.15, 0.2) is 0 Å². The summed E-state index contributed by atoms with van der Waals surface area (Å²) < 4.78 is 5.81. The summed E-state index contributed by atoms with van der Waals surface area (Å²) >= 11 is 0. The molecule has 1 aliphatic heterocycles. The Morgan fingerprint density at radius 2 is 1.52 bits per heavy atom. The van der Waals surface area contributed by atoms with Crippen molar-refractivity contribution in [2.75, 3.05) is 13.1 Å². The van der Waals surface area contributed by atoms with Crippen molar-refractivity contribution in [2.45, 2.75) is 83.1 Å². The van der Waals surface area contributed by atoms with E-state index in [4.69, 9.17) is 4.74 Å². The smallest absolute Gasteiger partial charge is 0.237 e. The molecule has 0 aromatic heterocycles. The third kappa shape index (κ3) is 3.05. The first kappa shape index (κ1) is 15.9.